The predicted octanol–water partition coefficient (Wildman–Crippen LogP) is 5.86. The largest absolute Gasteiger partial charge is 0.492 e. The monoisotopic (exact) mass is 611 g/mol. The Labute approximate surface area is 249 Å². The van der Waals surface area contributed by atoms with Gasteiger partial charge in [-0.05, 0) is 59.2 Å². The number of halogens is 4. The summed E-state index contributed by atoms with van der Waals surface area (Å²) in [4.78, 5) is 36.7. The molecule has 2 N–H and O–H groups in total. The minimum Gasteiger partial charge on any atom is -0.492 e. The number of carbonyl (C=O) groups is 3. The molecule has 0 saturated carbocycles. The SMILES string of the molecule is N=c1ccccn1CCOc1cccc(C(=O)NC(CC(=O)OC(=O)C(F)(F)F)c2ccc(-c3cccc(Cl)c3)cc2)c1. The van der Waals surface area contributed by atoms with Gasteiger partial charge in [0.15, 0.2) is 0 Å². The maximum Gasteiger partial charge on any atom is 0.491 e. The third kappa shape index (κ3) is 8.79. The third-order valence-corrected chi connectivity index (χ3v) is 6.46. The van der Waals surface area contributed by atoms with E-state index in [2.05, 4.69) is 10.1 Å². The van der Waals surface area contributed by atoms with Crippen LogP contribution < -0.4 is 15.5 Å². The van der Waals surface area contributed by atoms with E-state index in [0.29, 0.717) is 28.4 Å². The van der Waals surface area contributed by atoms with Crippen molar-refractivity contribution in [1.82, 2.24) is 9.88 Å². The van der Waals surface area contributed by atoms with Crippen LogP contribution in [0.2, 0.25) is 5.02 Å². The van der Waals surface area contributed by atoms with Crippen molar-refractivity contribution in [2.75, 3.05) is 6.61 Å². The topological polar surface area (TPSA) is 110 Å². The summed E-state index contributed by atoms with van der Waals surface area (Å²) in [5.41, 5.74) is 2.42. The molecule has 43 heavy (non-hydrogen) atoms. The number of alkyl halides is 3. The lowest BCUT2D eigenvalue weighted by atomic mass is 9.98. The minimum atomic E-state index is -5.35. The van der Waals surface area contributed by atoms with Crippen molar-refractivity contribution in [3.63, 3.8) is 0 Å². The van der Waals surface area contributed by atoms with Gasteiger partial charge >= 0.3 is 18.1 Å². The second kappa shape index (κ2) is 13.8. The van der Waals surface area contributed by atoms with Gasteiger partial charge in [-0.1, -0.05) is 60.1 Å². The first-order valence-corrected chi connectivity index (χ1v) is 13.3. The molecule has 0 spiro atoms. The van der Waals surface area contributed by atoms with Gasteiger partial charge in [0.25, 0.3) is 5.91 Å². The van der Waals surface area contributed by atoms with Crippen molar-refractivity contribution in [2.45, 2.75) is 25.2 Å². The molecule has 12 heteroatoms. The molecule has 4 aromatic rings. The van der Waals surface area contributed by atoms with Gasteiger partial charge in [0.05, 0.1) is 19.0 Å². The number of aromatic nitrogens is 1. The average molecular weight is 612 g/mol. The highest BCUT2D eigenvalue weighted by Crippen LogP contribution is 2.27. The standard InChI is InChI=1S/C31H25ClF3N3O5/c32-24-7-3-5-22(17-24)20-10-12-21(13-11-20)26(19-28(39)43-30(41)31(33,34)35)37-29(40)23-6-4-8-25(18-23)42-16-15-38-14-2-1-9-27(38)36/h1-14,17-18,26,36H,15-16,19H2,(H,37,40). The summed E-state index contributed by atoms with van der Waals surface area (Å²) in [6.45, 7) is 0.606. The number of benzene rings is 3. The van der Waals surface area contributed by atoms with Crippen LogP contribution in [0.5, 0.6) is 5.75 Å². The van der Waals surface area contributed by atoms with E-state index in [1.54, 1.807) is 83.6 Å². The lowest BCUT2D eigenvalue weighted by Gasteiger charge is -2.19. The van der Waals surface area contributed by atoms with E-state index in [9.17, 15) is 27.6 Å². The number of esters is 2. The zero-order chi connectivity index (χ0) is 31.0. The van der Waals surface area contributed by atoms with E-state index in [1.165, 1.54) is 12.1 Å². The van der Waals surface area contributed by atoms with Gasteiger partial charge in [0.1, 0.15) is 17.8 Å². The first kappa shape index (κ1) is 31.0. The summed E-state index contributed by atoms with van der Waals surface area (Å²) in [7, 11) is 0. The predicted molar refractivity (Wildman–Crippen MR) is 151 cm³/mol. The molecule has 0 fully saturated rings. The van der Waals surface area contributed by atoms with E-state index < -0.39 is 36.5 Å². The highest BCUT2D eigenvalue weighted by atomic mass is 35.5. The Hall–Kier alpha value is -4.90. The molecule has 3 aromatic carbocycles. The van der Waals surface area contributed by atoms with E-state index >= 15 is 0 Å². The van der Waals surface area contributed by atoms with Crippen LogP contribution in [-0.2, 0) is 20.9 Å². The minimum absolute atomic E-state index is 0.159. The van der Waals surface area contributed by atoms with Crippen molar-refractivity contribution in [3.05, 3.63) is 119 Å². The quantitative estimate of drug-likeness (QED) is 0.172. The number of nitrogens with zero attached hydrogens (tertiary/aromatic N) is 1. The average Bonchev–Trinajstić information content (AvgIpc) is 2.97. The molecule has 0 aliphatic carbocycles. The number of pyridine rings is 1. The fraction of sp³-hybridized carbons (Fsp3) is 0.161. The van der Waals surface area contributed by atoms with E-state index in [1.807, 2.05) is 6.07 Å². The number of amides is 1. The molecule has 0 bridgehead atoms. The molecule has 1 aromatic heterocycles. The smallest absolute Gasteiger partial charge is 0.491 e. The van der Waals surface area contributed by atoms with Crippen LogP contribution in [0.15, 0.2) is 97.2 Å². The molecule has 0 aliphatic heterocycles. The van der Waals surface area contributed by atoms with Gasteiger partial charge in [-0.3, -0.25) is 15.0 Å². The van der Waals surface area contributed by atoms with Crippen LogP contribution >= 0.6 is 11.6 Å². The zero-order valence-corrected chi connectivity index (χ0v) is 23.2. The number of nitrogens with one attached hydrogen (secondary N) is 2. The number of ether oxygens (including phenoxy) is 2. The summed E-state index contributed by atoms with van der Waals surface area (Å²) >= 11 is 6.07. The fourth-order valence-electron chi connectivity index (χ4n) is 4.10. The second-order valence-electron chi connectivity index (χ2n) is 9.28. The molecule has 0 radical (unpaired) electrons. The van der Waals surface area contributed by atoms with Crippen LogP contribution in [0.4, 0.5) is 13.2 Å². The maximum absolute atomic E-state index is 13.2. The summed E-state index contributed by atoms with van der Waals surface area (Å²) < 4.78 is 49.3. The molecular weight excluding hydrogens is 587 g/mol. The van der Waals surface area contributed by atoms with Gasteiger partial charge in [-0.2, -0.15) is 13.2 Å². The Balaban J connectivity index is 1.50. The van der Waals surface area contributed by atoms with Crippen LogP contribution in [0.1, 0.15) is 28.4 Å². The van der Waals surface area contributed by atoms with Gasteiger partial charge in [0.2, 0.25) is 0 Å². The van der Waals surface area contributed by atoms with Gasteiger partial charge in [0, 0.05) is 16.8 Å². The molecule has 0 saturated heterocycles. The molecule has 0 aliphatic rings. The first-order chi connectivity index (χ1) is 20.5. The normalized spacial score (nSPS) is 11.8. The highest BCUT2D eigenvalue weighted by molar-refractivity contribution is 6.30. The number of carbonyl (C=O) groups excluding carboxylic acids is 3. The fourth-order valence-corrected chi connectivity index (χ4v) is 4.29. The van der Waals surface area contributed by atoms with Crippen LogP contribution in [0.3, 0.4) is 0 Å². The molecular formula is C31H25ClF3N3O5. The maximum atomic E-state index is 13.2. The van der Waals surface area contributed by atoms with Crippen molar-refractivity contribution in [2.24, 2.45) is 0 Å². The van der Waals surface area contributed by atoms with Crippen molar-refractivity contribution >= 4 is 29.4 Å². The molecule has 222 valence electrons. The molecule has 8 nitrogen and oxygen atoms in total. The Kier molecular flexibility index (Phi) is 9.99. The Morgan fingerprint density at radius 3 is 2.35 bits per heavy atom. The number of rotatable bonds is 10. The summed E-state index contributed by atoms with van der Waals surface area (Å²) in [5, 5.41) is 11.1. The van der Waals surface area contributed by atoms with Crippen LogP contribution in [0.25, 0.3) is 11.1 Å². The Morgan fingerprint density at radius 2 is 1.65 bits per heavy atom. The van der Waals surface area contributed by atoms with Crippen LogP contribution in [-0.4, -0.2) is 35.2 Å². The number of hydrogen-bond donors (Lipinski definition) is 2. The van der Waals surface area contributed by atoms with Crippen molar-refractivity contribution < 1.29 is 37.0 Å². The number of hydrogen-bond acceptors (Lipinski definition) is 6. The second-order valence-corrected chi connectivity index (χ2v) is 9.71. The summed E-state index contributed by atoms with van der Waals surface area (Å²) in [6, 6.07) is 23.9. The third-order valence-electron chi connectivity index (χ3n) is 6.22. The van der Waals surface area contributed by atoms with Gasteiger partial charge in [-0.25, -0.2) is 4.79 Å². The van der Waals surface area contributed by atoms with Gasteiger partial charge in [-0.15, -0.1) is 0 Å². The van der Waals surface area contributed by atoms with Crippen LogP contribution in [0, 0.1) is 5.41 Å². The lowest BCUT2D eigenvalue weighted by Crippen LogP contribution is -2.33. The molecule has 1 amide bonds. The van der Waals surface area contributed by atoms with Crippen molar-refractivity contribution in [1.29, 1.82) is 5.41 Å². The van der Waals surface area contributed by atoms with E-state index in [4.69, 9.17) is 21.7 Å². The molecule has 4 rings (SSSR count). The van der Waals surface area contributed by atoms with E-state index in [0.717, 1.165) is 11.1 Å². The lowest BCUT2D eigenvalue weighted by molar-refractivity contribution is -0.202. The summed E-state index contributed by atoms with van der Waals surface area (Å²) in [5.74, 6) is -4.38. The zero-order valence-electron chi connectivity index (χ0n) is 22.4. The molecule has 1 heterocycles. The van der Waals surface area contributed by atoms with E-state index in [-0.39, 0.29) is 12.2 Å². The molecule has 1 atom stereocenters. The Bertz CT molecular complexity index is 1670. The molecule has 1 unspecified atom stereocenters. The highest BCUT2D eigenvalue weighted by Gasteiger charge is 2.42. The Morgan fingerprint density at radius 1 is 0.907 bits per heavy atom. The summed E-state index contributed by atoms with van der Waals surface area (Å²) in [6.07, 6.45) is -4.36. The van der Waals surface area contributed by atoms with Crippen molar-refractivity contribution in [3.8, 4) is 16.9 Å². The van der Waals surface area contributed by atoms with Gasteiger partial charge < -0.3 is 19.4 Å². The first-order valence-electron chi connectivity index (χ1n) is 12.9.